The zero-order valence-electron chi connectivity index (χ0n) is 12.9. The van der Waals surface area contributed by atoms with Crippen molar-refractivity contribution in [3.63, 3.8) is 0 Å². The van der Waals surface area contributed by atoms with Crippen LogP contribution in [0.3, 0.4) is 0 Å². The molecule has 0 fully saturated rings. The highest BCUT2D eigenvalue weighted by Crippen LogP contribution is 2.53. The Morgan fingerprint density at radius 1 is 1.21 bits per heavy atom. The van der Waals surface area contributed by atoms with Gasteiger partial charge in [0.1, 0.15) is 0 Å². The molecule has 0 aliphatic heterocycles. The minimum Gasteiger partial charge on any atom is -0.313 e. The molecule has 0 aliphatic carbocycles. The Kier molecular flexibility index (Phi) is 8.99. The molecule has 3 nitrogen and oxygen atoms in total. The lowest BCUT2D eigenvalue weighted by molar-refractivity contribution is 0.231. The van der Waals surface area contributed by atoms with Gasteiger partial charge in [0.2, 0.25) is 0 Å². The molecule has 19 heavy (non-hydrogen) atoms. The second-order valence-corrected chi connectivity index (χ2v) is 7.29. The maximum absolute atomic E-state index is 13.1. The SMILES string of the molecule is C=CCOP(=O)(C/C=C/C=C/C)N(C(C)C)C(C)C. The summed E-state index contributed by atoms with van der Waals surface area (Å²) in [6, 6.07) is 0.344. The van der Waals surface area contributed by atoms with Crippen LogP contribution in [0.5, 0.6) is 0 Å². The van der Waals surface area contributed by atoms with Gasteiger partial charge in [-0.05, 0) is 34.6 Å². The van der Waals surface area contributed by atoms with Crippen LogP contribution in [0.1, 0.15) is 34.6 Å². The zero-order valence-corrected chi connectivity index (χ0v) is 13.8. The molecule has 0 spiro atoms. The number of nitrogens with zero attached hydrogens (tertiary/aromatic N) is 1. The molecule has 1 atom stereocenters. The summed E-state index contributed by atoms with van der Waals surface area (Å²) in [5, 5.41) is 0. The molecule has 0 rings (SSSR count). The fourth-order valence-electron chi connectivity index (χ4n) is 2.07. The molecule has 1 unspecified atom stereocenters. The summed E-state index contributed by atoms with van der Waals surface area (Å²) in [6.07, 6.45) is 9.73. The molecular weight excluding hydrogens is 257 g/mol. The van der Waals surface area contributed by atoms with E-state index in [1.165, 1.54) is 0 Å². The normalized spacial score (nSPS) is 16.0. The molecule has 0 aliphatic rings. The van der Waals surface area contributed by atoms with Gasteiger partial charge in [0.25, 0.3) is 7.52 Å². The third kappa shape index (κ3) is 6.38. The van der Waals surface area contributed by atoms with Crippen molar-refractivity contribution in [2.75, 3.05) is 12.8 Å². The van der Waals surface area contributed by atoms with Crippen LogP contribution in [0.25, 0.3) is 0 Å². The summed E-state index contributed by atoms with van der Waals surface area (Å²) >= 11 is 0. The molecule has 0 N–H and O–H groups in total. The highest BCUT2D eigenvalue weighted by Gasteiger charge is 2.34. The first-order chi connectivity index (χ1) is 8.89. The van der Waals surface area contributed by atoms with Crippen LogP contribution in [-0.2, 0) is 9.09 Å². The predicted octanol–water partition coefficient (Wildman–Crippen LogP) is 4.63. The second kappa shape index (κ2) is 9.30. The van der Waals surface area contributed by atoms with Gasteiger partial charge in [0.15, 0.2) is 0 Å². The number of hydrogen-bond donors (Lipinski definition) is 0. The molecule has 110 valence electrons. The molecule has 0 heterocycles. The van der Waals surface area contributed by atoms with Crippen LogP contribution < -0.4 is 0 Å². The van der Waals surface area contributed by atoms with E-state index in [1.807, 2.05) is 63.6 Å². The van der Waals surface area contributed by atoms with Crippen LogP contribution in [0.2, 0.25) is 0 Å². The van der Waals surface area contributed by atoms with Gasteiger partial charge in [-0.25, -0.2) is 4.67 Å². The fourth-order valence-corrected chi connectivity index (χ4v) is 4.63. The maximum atomic E-state index is 13.1. The standard InChI is InChI=1S/C15H28NO2P/c1-7-9-10-11-13-19(17,18-12-8-2)16(14(3)4)15(5)6/h7-11,14-15H,2,12-13H2,1,3-6H3/b9-7+,11-10+. The molecule has 0 radical (unpaired) electrons. The third-order valence-electron chi connectivity index (χ3n) is 2.58. The molecule has 4 heteroatoms. The van der Waals surface area contributed by atoms with Gasteiger partial charge in [-0.2, -0.15) is 0 Å². The van der Waals surface area contributed by atoms with E-state index in [2.05, 4.69) is 6.58 Å². The fraction of sp³-hybridized carbons (Fsp3) is 0.600. The molecule has 0 saturated carbocycles. The van der Waals surface area contributed by atoms with Gasteiger partial charge >= 0.3 is 0 Å². The van der Waals surface area contributed by atoms with Crippen molar-refractivity contribution in [2.24, 2.45) is 0 Å². The Bertz CT molecular complexity index is 351. The lowest BCUT2D eigenvalue weighted by Gasteiger charge is -2.36. The largest absolute Gasteiger partial charge is 0.313 e. The summed E-state index contributed by atoms with van der Waals surface area (Å²) in [6.45, 7) is 14.1. The second-order valence-electron chi connectivity index (χ2n) is 4.93. The number of hydrogen-bond acceptors (Lipinski definition) is 2. The van der Waals surface area contributed by atoms with Crippen molar-refractivity contribution in [3.05, 3.63) is 37.0 Å². The highest BCUT2D eigenvalue weighted by atomic mass is 31.2. The minimum absolute atomic E-state index is 0.172. The first kappa shape index (κ1) is 18.4. The highest BCUT2D eigenvalue weighted by molar-refractivity contribution is 7.56. The van der Waals surface area contributed by atoms with E-state index in [1.54, 1.807) is 6.08 Å². The average Bonchev–Trinajstić information content (AvgIpc) is 2.31. The van der Waals surface area contributed by atoms with E-state index >= 15 is 0 Å². The van der Waals surface area contributed by atoms with Gasteiger partial charge in [-0.15, -0.1) is 6.58 Å². The zero-order chi connectivity index (χ0) is 14.9. The van der Waals surface area contributed by atoms with E-state index < -0.39 is 7.52 Å². The summed E-state index contributed by atoms with van der Waals surface area (Å²) in [4.78, 5) is 0. The quantitative estimate of drug-likeness (QED) is 0.351. The van der Waals surface area contributed by atoms with Crippen LogP contribution >= 0.6 is 7.52 Å². The van der Waals surface area contributed by atoms with Gasteiger partial charge in [0, 0.05) is 12.1 Å². The minimum atomic E-state index is -2.86. The van der Waals surface area contributed by atoms with Gasteiger partial charge in [-0.3, -0.25) is 4.57 Å². The summed E-state index contributed by atoms with van der Waals surface area (Å²) < 4.78 is 20.7. The van der Waals surface area contributed by atoms with E-state index in [4.69, 9.17) is 4.52 Å². The summed E-state index contributed by atoms with van der Waals surface area (Å²) in [7, 11) is -2.86. The van der Waals surface area contributed by atoms with Crippen molar-refractivity contribution < 1.29 is 9.09 Å². The number of allylic oxidation sites excluding steroid dienone is 4. The molecule has 0 saturated heterocycles. The topological polar surface area (TPSA) is 29.5 Å². The van der Waals surface area contributed by atoms with Crippen LogP contribution in [-0.4, -0.2) is 29.5 Å². The third-order valence-corrected chi connectivity index (χ3v) is 5.43. The number of rotatable bonds is 9. The smallest absolute Gasteiger partial charge is 0.276 e. The lowest BCUT2D eigenvalue weighted by atomic mass is 10.3. The van der Waals surface area contributed by atoms with Crippen molar-refractivity contribution in [1.29, 1.82) is 0 Å². The Morgan fingerprint density at radius 3 is 2.21 bits per heavy atom. The molecule has 0 bridgehead atoms. The van der Waals surface area contributed by atoms with Gasteiger partial charge in [0.05, 0.1) is 12.8 Å². The Balaban J connectivity index is 5.12. The molecule has 0 aromatic heterocycles. The van der Waals surface area contributed by atoms with E-state index in [0.717, 1.165) is 0 Å². The molecule has 0 aromatic carbocycles. The lowest BCUT2D eigenvalue weighted by Crippen LogP contribution is -2.35. The van der Waals surface area contributed by atoms with Crippen LogP contribution in [0.4, 0.5) is 0 Å². The molecule has 0 amide bonds. The van der Waals surface area contributed by atoms with Crippen molar-refractivity contribution in [1.82, 2.24) is 4.67 Å². The van der Waals surface area contributed by atoms with Gasteiger partial charge < -0.3 is 4.52 Å². The Hall–Kier alpha value is -0.630. The maximum Gasteiger partial charge on any atom is 0.276 e. The van der Waals surface area contributed by atoms with E-state index in [-0.39, 0.29) is 12.1 Å². The van der Waals surface area contributed by atoms with Crippen LogP contribution in [0, 0.1) is 0 Å². The van der Waals surface area contributed by atoms with Crippen molar-refractivity contribution in [2.45, 2.75) is 46.7 Å². The van der Waals surface area contributed by atoms with E-state index in [0.29, 0.717) is 12.8 Å². The molecular formula is C15H28NO2P. The Morgan fingerprint density at radius 2 is 1.79 bits per heavy atom. The van der Waals surface area contributed by atoms with Crippen molar-refractivity contribution >= 4 is 7.52 Å². The van der Waals surface area contributed by atoms with Gasteiger partial charge in [-0.1, -0.05) is 30.4 Å². The summed E-state index contributed by atoms with van der Waals surface area (Å²) in [5.74, 6) is 0. The first-order valence-electron chi connectivity index (χ1n) is 6.80. The van der Waals surface area contributed by atoms with Crippen LogP contribution in [0.15, 0.2) is 37.0 Å². The van der Waals surface area contributed by atoms with Crippen molar-refractivity contribution in [3.8, 4) is 0 Å². The first-order valence-corrected chi connectivity index (χ1v) is 8.56. The monoisotopic (exact) mass is 285 g/mol. The molecule has 0 aromatic rings. The summed E-state index contributed by atoms with van der Waals surface area (Å²) in [5.41, 5.74) is 0. The predicted molar refractivity (Wildman–Crippen MR) is 84.7 cm³/mol. The van der Waals surface area contributed by atoms with E-state index in [9.17, 15) is 4.57 Å². The average molecular weight is 285 g/mol. The Labute approximate surface area is 118 Å².